The molecule has 0 radical (unpaired) electrons. The molecule has 1 aromatic carbocycles. The van der Waals surface area contributed by atoms with Crippen molar-refractivity contribution in [3.8, 4) is 0 Å². The highest BCUT2D eigenvalue weighted by atomic mass is 19.1. The molecule has 1 saturated heterocycles. The third-order valence-electron chi connectivity index (χ3n) is 2.93. The molecule has 0 unspecified atom stereocenters. The summed E-state index contributed by atoms with van der Waals surface area (Å²) in [6.45, 7) is 2.94. The van der Waals surface area contributed by atoms with Crippen LogP contribution in [0.3, 0.4) is 0 Å². The number of benzene rings is 1. The molecule has 3 heteroatoms. The molecule has 2 nitrogen and oxygen atoms in total. The van der Waals surface area contributed by atoms with Gasteiger partial charge in [0.2, 0.25) is 0 Å². The fourth-order valence-electron chi connectivity index (χ4n) is 2.03. The first-order valence-corrected chi connectivity index (χ1v) is 5.48. The molecule has 0 aliphatic carbocycles. The molecule has 15 heavy (non-hydrogen) atoms. The van der Waals surface area contributed by atoms with Crippen LogP contribution in [-0.2, 0) is 6.54 Å². The molecule has 2 rings (SSSR count). The summed E-state index contributed by atoms with van der Waals surface area (Å²) < 4.78 is 13.5. The molecule has 1 N–H and O–H groups in total. The van der Waals surface area contributed by atoms with Gasteiger partial charge in [0.25, 0.3) is 0 Å². The van der Waals surface area contributed by atoms with Gasteiger partial charge in [0.1, 0.15) is 5.82 Å². The number of hydrogen-bond acceptors (Lipinski definition) is 2. The molecule has 0 spiro atoms. The van der Waals surface area contributed by atoms with Gasteiger partial charge in [-0.15, -0.1) is 0 Å². The van der Waals surface area contributed by atoms with Crippen LogP contribution >= 0.6 is 0 Å². The van der Waals surface area contributed by atoms with E-state index in [4.69, 9.17) is 0 Å². The molecule has 1 aliphatic heterocycles. The molecule has 1 heterocycles. The Kier molecular flexibility index (Phi) is 3.21. The molecular weight excluding hydrogens is 191 g/mol. The topological polar surface area (TPSA) is 15.3 Å². The first kappa shape index (κ1) is 10.4. The third-order valence-corrected chi connectivity index (χ3v) is 2.93. The van der Waals surface area contributed by atoms with Gasteiger partial charge in [0.15, 0.2) is 0 Å². The largest absolute Gasteiger partial charge is 0.388 e. The van der Waals surface area contributed by atoms with Crippen molar-refractivity contribution < 1.29 is 4.39 Å². The first-order chi connectivity index (χ1) is 7.29. The molecule has 0 aromatic heterocycles. The first-order valence-electron chi connectivity index (χ1n) is 5.48. The van der Waals surface area contributed by atoms with E-state index in [1.54, 1.807) is 6.07 Å². The van der Waals surface area contributed by atoms with Crippen LogP contribution in [0.15, 0.2) is 18.2 Å². The van der Waals surface area contributed by atoms with Crippen molar-refractivity contribution in [2.24, 2.45) is 0 Å². The monoisotopic (exact) mass is 208 g/mol. The van der Waals surface area contributed by atoms with E-state index in [0.717, 1.165) is 30.9 Å². The minimum atomic E-state index is -0.0964. The Morgan fingerprint density at radius 2 is 2.07 bits per heavy atom. The van der Waals surface area contributed by atoms with Crippen LogP contribution in [0.4, 0.5) is 10.1 Å². The van der Waals surface area contributed by atoms with E-state index in [1.807, 2.05) is 13.1 Å². The Bertz CT molecular complexity index is 332. The number of nitrogens with zero attached hydrogens (tertiary/aromatic N) is 1. The van der Waals surface area contributed by atoms with Crippen molar-refractivity contribution in [2.45, 2.75) is 19.4 Å². The van der Waals surface area contributed by atoms with Gasteiger partial charge in [-0.25, -0.2) is 4.39 Å². The Hall–Kier alpha value is -1.09. The third kappa shape index (κ3) is 2.48. The van der Waals surface area contributed by atoms with E-state index in [1.165, 1.54) is 18.9 Å². The number of halogens is 1. The van der Waals surface area contributed by atoms with Crippen LogP contribution in [0, 0.1) is 5.82 Å². The minimum absolute atomic E-state index is 0.0964. The Labute approximate surface area is 90.1 Å². The lowest BCUT2D eigenvalue weighted by Crippen LogP contribution is -2.19. The molecule has 1 aliphatic rings. The van der Waals surface area contributed by atoms with Crippen LogP contribution in [0.2, 0.25) is 0 Å². The predicted molar refractivity (Wildman–Crippen MR) is 60.5 cm³/mol. The SMILES string of the molecule is CNc1ccc(F)c(CN2CCCC2)c1. The summed E-state index contributed by atoms with van der Waals surface area (Å²) in [5.41, 5.74) is 1.77. The molecule has 0 atom stereocenters. The van der Waals surface area contributed by atoms with Gasteiger partial charge in [-0.3, -0.25) is 4.90 Å². The smallest absolute Gasteiger partial charge is 0.127 e. The molecule has 0 amide bonds. The normalized spacial score (nSPS) is 16.9. The lowest BCUT2D eigenvalue weighted by molar-refractivity contribution is 0.325. The van der Waals surface area contributed by atoms with Crippen molar-refractivity contribution >= 4 is 5.69 Å². The van der Waals surface area contributed by atoms with E-state index in [2.05, 4.69) is 10.2 Å². The second kappa shape index (κ2) is 4.62. The van der Waals surface area contributed by atoms with Crippen LogP contribution in [0.25, 0.3) is 0 Å². The molecular formula is C12H17FN2. The quantitative estimate of drug-likeness (QED) is 0.821. The van der Waals surface area contributed by atoms with E-state index in [0.29, 0.717) is 0 Å². The summed E-state index contributed by atoms with van der Waals surface area (Å²) in [7, 11) is 1.85. The Balaban J connectivity index is 2.11. The molecule has 1 aromatic rings. The van der Waals surface area contributed by atoms with Crippen molar-refractivity contribution in [3.63, 3.8) is 0 Å². The number of hydrogen-bond donors (Lipinski definition) is 1. The summed E-state index contributed by atoms with van der Waals surface area (Å²) in [5, 5.41) is 3.03. The fourth-order valence-corrected chi connectivity index (χ4v) is 2.03. The van der Waals surface area contributed by atoms with E-state index in [-0.39, 0.29) is 5.82 Å². The van der Waals surface area contributed by atoms with E-state index in [9.17, 15) is 4.39 Å². The molecule has 1 fully saturated rings. The highest BCUT2D eigenvalue weighted by Crippen LogP contribution is 2.18. The molecule has 82 valence electrons. The van der Waals surface area contributed by atoms with Gasteiger partial charge < -0.3 is 5.32 Å². The van der Waals surface area contributed by atoms with Crippen LogP contribution < -0.4 is 5.32 Å². The average molecular weight is 208 g/mol. The minimum Gasteiger partial charge on any atom is -0.388 e. The fraction of sp³-hybridized carbons (Fsp3) is 0.500. The summed E-state index contributed by atoms with van der Waals surface area (Å²) >= 11 is 0. The zero-order valence-electron chi connectivity index (χ0n) is 9.09. The van der Waals surface area contributed by atoms with Crippen molar-refractivity contribution in [1.82, 2.24) is 4.90 Å². The lowest BCUT2D eigenvalue weighted by Gasteiger charge is -2.15. The molecule has 0 bridgehead atoms. The number of likely N-dealkylation sites (tertiary alicyclic amines) is 1. The maximum atomic E-state index is 13.5. The van der Waals surface area contributed by atoms with E-state index >= 15 is 0 Å². The number of rotatable bonds is 3. The average Bonchev–Trinajstić information content (AvgIpc) is 2.74. The van der Waals surface area contributed by atoms with Gasteiger partial charge in [0, 0.05) is 24.8 Å². The Morgan fingerprint density at radius 1 is 1.33 bits per heavy atom. The van der Waals surface area contributed by atoms with E-state index < -0.39 is 0 Å². The zero-order valence-corrected chi connectivity index (χ0v) is 9.09. The zero-order chi connectivity index (χ0) is 10.7. The van der Waals surface area contributed by atoms with Crippen LogP contribution in [0.1, 0.15) is 18.4 Å². The van der Waals surface area contributed by atoms with Crippen molar-refractivity contribution in [1.29, 1.82) is 0 Å². The standard InChI is InChI=1S/C12H17FN2/c1-14-11-4-5-12(13)10(8-11)9-15-6-2-3-7-15/h4-5,8,14H,2-3,6-7,9H2,1H3. The second-order valence-electron chi connectivity index (χ2n) is 4.04. The highest BCUT2D eigenvalue weighted by Gasteiger charge is 2.13. The summed E-state index contributed by atoms with van der Waals surface area (Å²) in [5.74, 6) is -0.0964. The van der Waals surface area contributed by atoms with Gasteiger partial charge >= 0.3 is 0 Å². The summed E-state index contributed by atoms with van der Waals surface area (Å²) in [6.07, 6.45) is 2.49. The van der Waals surface area contributed by atoms with Crippen molar-refractivity contribution in [3.05, 3.63) is 29.6 Å². The number of nitrogens with one attached hydrogen (secondary N) is 1. The van der Waals surface area contributed by atoms with Crippen LogP contribution in [-0.4, -0.2) is 25.0 Å². The summed E-state index contributed by atoms with van der Waals surface area (Å²) in [6, 6.07) is 5.20. The number of anilines is 1. The molecule has 0 saturated carbocycles. The summed E-state index contributed by atoms with van der Waals surface area (Å²) in [4.78, 5) is 2.30. The van der Waals surface area contributed by atoms with Gasteiger partial charge in [-0.1, -0.05) is 0 Å². The maximum Gasteiger partial charge on any atom is 0.127 e. The predicted octanol–water partition coefficient (Wildman–Crippen LogP) is 2.46. The highest BCUT2D eigenvalue weighted by molar-refractivity contribution is 5.45. The van der Waals surface area contributed by atoms with Crippen LogP contribution in [0.5, 0.6) is 0 Å². The maximum absolute atomic E-state index is 13.5. The van der Waals surface area contributed by atoms with Gasteiger partial charge in [-0.05, 0) is 44.1 Å². The van der Waals surface area contributed by atoms with Gasteiger partial charge in [-0.2, -0.15) is 0 Å². The lowest BCUT2D eigenvalue weighted by atomic mass is 10.1. The van der Waals surface area contributed by atoms with Gasteiger partial charge in [0.05, 0.1) is 0 Å². The second-order valence-corrected chi connectivity index (χ2v) is 4.04. The van der Waals surface area contributed by atoms with Crippen molar-refractivity contribution in [2.75, 3.05) is 25.5 Å². The Morgan fingerprint density at radius 3 is 2.73 bits per heavy atom.